The summed E-state index contributed by atoms with van der Waals surface area (Å²) in [5, 5.41) is 0. The van der Waals surface area contributed by atoms with Crippen LogP contribution in [0.2, 0.25) is 0 Å². The standard InChI is InChI=1S/C23H30N4O2/c1-2-29-21(28)12-16-26-15-11-20-19(17-26)23(27-13-7-4-8-14-27)25-22(24-20)18-9-5-3-6-10-18/h3,5-6,9-10H,2,4,7-8,11-17H2,1H3. The number of piperidine rings is 1. The molecule has 154 valence electrons. The monoisotopic (exact) mass is 394 g/mol. The van der Waals surface area contributed by atoms with Crippen molar-refractivity contribution < 1.29 is 9.53 Å². The van der Waals surface area contributed by atoms with Gasteiger partial charge >= 0.3 is 5.97 Å². The summed E-state index contributed by atoms with van der Waals surface area (Å²) < 4.78 is 5.09. The van der Waals surface area contributed by atoms with E-state index in [-0.39, 0.29) is 5.97 Å². The molecule has 0 aliphatic carbocycles. The van der Waals surface area contributed by atoms with Crippen molar-refractivity contribution in [2.75, 3.05) is 37.7 Å². The van der Waals surface area contributed by atoms with Gasteiger partial charge in [0.15, 0.2) is 5.82 Å². The van der Waals surface area contributed by atoms with E-state index in [2.05, 4.69) is 21.9 Å². The number of anilines is 1. The zero-order valence-corrected chi connectivity index (χ0v) is 17.3. The van der Waals surface area contributed by atoms with Crippen LogP contribution >= 0.6 is 0 Å². The van der Waals surface area contributed by atoms with E-state index in [0.717, 1.165) is 62.0 Å². The van der Waals surface area contributed by atoms with Crippen LogP contribution in [0.3, 0.4) is 0 Å². The molecule has 2 aliphatic heterocycles. The molecular formula is C23H30N4O2. The van der Waals surface area contributed by atoms with E-state index in [1.54, 1.807) is 0 Å². The fraction of sp³-hybridized carbons (Fsp3) is 0.522. The molecule has 1 aromatic carbocycles. The second kappa shape index (κ2) is 9.35. The van der Waals surface area contributed by atoms with Crippen molar-refractivity contribution in [2.24, 2.45) is 0 Å². The van der Waals surface area contributed by atoms with E-state index >= 15 is 0 Å². The first-order valence-corrected chi connectivity index (χ1v) is 10.8. The molecule has 4 rings (SSSR count). The molecule has 0 atom stereocenters. The lowest BCUT2D eigenvalue weighted by molar-refractivity contribution is -0.143. The van der Waals surface area contributed by atoms with Crippen molar-refractivity contribution in [3.8, 4) is 11.4 Å². The van der Waals surface area contributed by atoms with Crippen molar-refractivity contribution in [3.63, 3.8) is 0 Å². The van der Waals surface area contributed by atoms with Gasteiger partial charge in [0.1, 0.15) is 5.82 Å². The number of fused-ring (bicyclic) bond motifs is 1. The Balaban J connectivity index is 1.61. The van der Waals surface area contributed by atoms with Gasteiger partial charge in [0.25, 0.3) is 0 Å². The third-order valence-corrected chi connectivity index (χ3v) is 5.74. The van der Waals surface area contributed by atoms with Crippen LogP contribution in [0.25, 0.3) is 11.4 Å². The van der Waals surface area contributed by atoms with Gasteiger partial charge < -0.3 is 9.64 Å². The second-order valence-corrected chi connectivity index (χ2v) is 7.79. The van der Waals surface area contributed by atoms with Gasteiger partial charge in [0.2, 0.25) is 0 Å². The molecule has 0 radical (unpaired) electrons. The van der Waals surface area contributed by atoms with Crippen LogP contribution in [0.1, 0.15) is 43.9 Å². The number of hydrogen-bond donors (Lipinski definition) is 0. The minimum absolute atomic E-state index is 0.120. The van der Waals surface area contributed by atoms with Crippen molar-refractivity contribution >= 4 is 11.8 Å². The first kappa shape index (κ1) is 19.8. The zero-order chi connectivity index (χ0) is 20.1. The Kier molecular flexibility index (Phi) is 6.39. The molecule has 1 saturated heterocycles. The molecule has 0 spiro atoms. The molecule has 0 amide bonds. The van der Waals surface area contributed by atoms with E-state index in [1.165, 1.54) is 24.8 Å². The van der Waals surface area contributed by atoms with Gasteiger partial charge in [-0.15, -0.1) is 0 Å². The Morgan fingerprint density at radius 1 is 1.07 bits per heavy atom. The molecule has 1 fully saturated rings. The fourth-order valence-electron chi connectivity index (χ4n) is 4.21. The first-order chi connectivity index (χ1) is 14.2. The Bertz CT molecular complexity index is 834. The number of aromatic nitrogens is 2. The van der Waals surface area contributed by atoms with E-state index < -0.39 is 0 Å². The minimum atomic E-state index is -0.120. The lowest BCUT2D eigenvalue weighted by Crippen LogP contribution is -2.37. The quantitative estimate of drug-likeness (QED) is 0.700. The highest BCUT2D eigenvalue weighted by atomic mass is 16.5. The molecular weight excluding hydrogens is 364 g/mol. The average Bonchev–Trinajstić information content (AvgIpc) is 2.78. The molecule has 2 aliphatic rings. The maximum atomic E-state index is 11.8. The van der Waals surface area contributed by atoms with Crippen LogP contribution in [0.5, 0.6) is 0 Å². The molecule has 3 heterocycles. The third-order valence-electron chi connectivity index (χ3n) is 5.74. The first-order valence-electron chi connectivity index (χ1n) is 10.8. The number of benzene rings is 1. The van der Waals surface area contributed by atoms with Crippen molar-refractivity contribution in [3.05, 3.63) is 41.6 Å². The van der Waals surface area contributed by atoms with Gasteiger partial charge in [-0.05, 0) is 26.2 Å². The van der Waals surface area contributed by atoms with Crippen LogP contribution in [0.4, 0.5) is 5.82 Å². The van der Waals surface area contributed by atoms with E-state index in [4.69, 9.17) is 14.7 Å². The molecule has 2 aromatic rings. The molecule has 29 heavy (non-hydrogen) atoms. The number of hydrogen-bond acceptors (Lipinski definition) is 6. The smallest absolute Gasteiger partial charge is 0.307 e. The van der Waals surface area contributed by atoms with Crippen LogP contribution in [-0.2, 0) is 22.5 Å². The summed E-state index contributed by atoms with van der Waals surface area (Å²) in [5.74, 6) is 1.80. The van der Waals surface area contributed by atoms with Crippen molar-refractivity contribution in [1.82, 2.24) is 14.9 Å². The number of carbonyl (C=O) groups excluding carboxylic acids is 1. The highest BCUT2D eigenvalue weighted by Gasteiger charge is 2.26. The maximum absolute atomic E-state index is 11.8. The number of ether oxygens (including phenoxy) is 1. The molecule has 0 N–H and O–H groups in total. The van der Waals surface area contributed by atoms with E-state index in [0.29, 0.717) is 13.0 Å². The van der Waals surface area contributed by atoms with Gasteiger partial charge in [-0.25, -0.2) is 9.97 Å². The van der Waals surface area contributed by atoms with E-state index in [1.807, 2.05) is 25.1 Å². The largest absolute Gasteiger partial charge is 0.466 e. The Morgan fingerprint density at radius 3 is 2.62 bits per heavy atom. The number of nitrogens with zero attached hydrogens (tertiary/aromatic N) is 4. The van der Waals surface area contributed by atoms with Crippen molar-refractivity contribution in [1.29, 1.82) is 0 Å². The highest BCUT2D eigenvalue weighted by Crippen LogP contribution is 2.31. The summed E-state index contributed by atoms with van der Waals surface area (Å²) in [6.07, 6.45) is 5.05. The van der Waals surface area contributed by atoms with Gasteiger partial charge in [0.05, 0.1) is 18.7 Å². The summed E-state index contributed by atoms with van der Waals surface area (Å²) in [6, 6.07) is 10.3. The minimum Gasteiger partial charge on any atom is -0.466 e. The molecule has 0 bridgehead atoms. The van der Waals surface area contributed by atoms with Crippen LogP contribution in [0, 0.1) is 0 Å². The third kappa shape index (κ3) is 4.75. The predicted octanol–water partition coefficient (Wildman–Crippen LogP) is 3.45. The highest BCUT2D eigenvalue weighted by molar-refractivity contribution is 5.69. The molecule has 0 saturated carbocycles. The maximum Gasteiger partial charge on any atom is 0.307 e. The average molecular weight is 395 g/mol. The normalized spacial score (nSPS) is 17.1. The predicted molar refractivity (Wildman–Crippen MR) is 114 cm³/mol. The van der Waals surface area contributed by atoms with Gasteiger partial charge in [0, 0.05) is 50.3 Å². The summed E-state index contributed by atoms with van der Waals surface area (Å²) in [5.41, 5.74) is 3.46. The Labute approximate surface area is 172 Å². The zero-order valence-electron chi connectivity index (χ0n) is 17.3. The summed E-state index contributed by atoms with van der Waals surface area (Å²) in [7, 11) is 0. The lowest BCUT2D eigenvalue weighted by atomic mass is 10.0. The van der Waals surface area contributed by atoms with Crippen LogP contribution < -0.4 is 4.90 Å². The fourth-order valence-corrected chi connectivity index (χ4v) is 4.21. The summed E-state index contributed by atoms with van der Waals surface area (Å²) in [6.45, 7) is 6.84. The molecule has 6 heteroatoms. The second-order valence-electron chi connectivity index (χ2n) is 7.79. The SMILES string of the molecule is CCOC(=O)CCN1CCc2nc(-c3ccccc3)nc(N3CCCCC3)c2C1. The van der Waals surface area contributed by atoms with Crippen LogP contribution in [0.15, 0.2) is 30.3 Å². The molecule has 0 unspecified atom stereocenters. The molecule has 1 aromatic heterocycles. The lowest BCUT2D eigenvalue weighted by Gasteiger charge is -2.34. The number of carbonyl (C=O) groups is 1. The summed E-state index contributed by atoms with van der Waals surface area (Å²) >= 11 is 0. The topological polar surface area (TPSA) is 58.6 Å². The van der Waals surface area contributed by atoms with Gasteiger partial charge in [-0.3, -0.25) is 9.69 Å². The Morgan fingerprint density at radius 2 is 1.86 bits per heavy atom. The number of rotatable bonds is 6. The number of esters is 1. The summed E-state index contributed by atoms with van der Waals surface area (Å²) in [4.78, 5) is 26.5. The van der Waals surface area contributed by atoms with Crippen LogP contribution in [-0.4, -0.2) is 53.6 Å². The molecule has 6 nitrogen and oxygen atoms in total. The van der Waals surface area contributed by atoms with Gasteiger partial charge in [-0.1, -0.05) is 30.3 Å². The van der Waals surface area contributed by atoms with Crippen molar-refractivity contribution in [2.45, 2.75) is 45.6 Å². The Hall–Kier alpha value is -2.47. The van der Waals surface area contributed by atoms with E-state index in [9.17, 15) is 4.79 Å². The van der Waals surface area contributed by atoms with Gasteiger partial charge in [-0.2, -0.15) is 0 Å².